The summed E-state index contributed by atoms with van der Waals surface area (Å²) in [7, 11) is 0. The molecule has 7 heteroatoms. The first-order chi connectivity index (χ1) is 15.9. The van der Waals surface area contributed by atoms with Crippen molar-refractivity contribution in [1.29, 1.82) is 0 Å². The van der Waals surface area contributed by atoms with E-state index in [4.69, 9.17) is 0 Å². The number of aryl methyl sites for hydroxylation is 1. The standard InChI is InChI=1S/C26H27FN4OS/c1-18(21-10-12-23(27)13-11-21)29-26(33-3)30-19(2)22-15-16-28-24(17-22)31-25(32)14-9-20-7-5-4-6-8-20/h4-8,10-13,15-18H,2,9,14H2,1,3H3,(H,29,30)(H,28,31,32). The lowest BCUT2D eigenvalue weighted by Gasteiger charge is -2.14. The molecule has 1 amide bonds. The molecule has 2 aromatic carbocycles. The van der Waals surface area contributed by atoms with Gasteiger partial charge < -0.3 is 10.6 Å². The maximum absolute atomic E-state index is 13.2. The zero-order chi connectivity index (χ0) is 23.6. The summed E-state index contributed by atoms with van der Waals surface area (Å²) in [5.41, 5.74) is 3.46. The maximum atomic E-state index is 13.2. The van der Waals surface area contributed by atoms with Gasteiger partial charge in [-0.1, -0.05) is 60.8 Å². The molecule has 0 aliphatic rings. The summed E-state index contributed by atoms with van der Waals surface area (Å²) in [6, 6.07) is 19.6. The molecule has 1 unspecified atom stereocenters. The quantitative estimate of drug-likeness (QED) is 0.326. The number of hydrogen-bond donors (Lipinski definition) is 2. The van der Waals surface area contributed by atoms with E-state index in [0.717, 1.165) is 16.7 Å². The molecule has 0 saturated heterocycles. The molecule has 1 atom stereocenters. The van der Waals surface area contributed by atoms with E-state index in [1.54, 1.807) is 24.4 Å². The summed E-state index contributed by atoms with van der Waals surface area (Å²) in [6.45, 7) is 6.05. The number of amidine groups is 1. The summed E-state index contributed by atoms with van der Waals surface area (Å²) in [5, 5.41) is 6.76. The number of benzene rings is 2. The second-order valence-electron chi connectivity index (χ2n) is 7.43. The lowest BCUT2D eigenvalue weighted by molar-refractivity contribution is -0.116. The number of anilines is 1. The smallest absolute Gasteiger partial charge is 0.225 e. The van der Waals surface area contributed by atoms with Gasteiger partial charge in [0.05, 0.1) is 6.04 Å². The van der Waals surface area contributed by atoms with E-state index in [9.17, 15) is 9.18 Å². The van der Waals surface area contributed by atoms with Crippen molar-refractivity contribution in [2.45, 2.75) is 25.8 Å². The molecule has 0 spiro atoms. The summed E-state index contributed by atoms with van der Waals surface area (Å²) < 4.78 is 13.2. The van der Waals surface area contributed by atoms with E-state index < -0.39 is 0 Å². The number of amides is 1. The van der Waals surface area contributed by atoms with Crippen molar-refractivity contribution in [2.24, 2.45) is 4.99 Å². The first-order valence-electron chi connectivity index (χ1n) is 10.6. The van der Waals surface area contributed by atoms with Gasteiger partial charge in [0, 0.05) is 23.9 Å². The third kappa shape index (κ3) is 7.57. The average molecular weight is 463 g/mol. The molecule has 5 nitrogen and oxygen atoms in total. The molecule has 3 rings (SSSR count). The Labute approximate surface area is 198 Å². The van der Waals surface area contributed by atoms with Crippen molar-refractivity contribution in [3.8, 4) is 0 Å². The third-order valence-electron chi connectivity index (χ3n) is 4.97. The topological polar surface area (TPSA) is 66.4 Å². The first kappa shape index (κ1) is 24.2. The fourth-order valence-electron chi connectivity index (χ4n) is 3.12. The third-order valence-corrected chi connectivity index (χ3v) is 5.57. The fourth-order valence-corrected chi connectivity index (χ4v) is 3.61. The number of halogens is 1. The zero-order valence-corrected chi connectivity index (χ0v) is 19.5. The van der Waals surface area contributed by atoms with E-state index in [0.29, 0.717) is 29.5 Å². The lowest BCUT2D eigenvalue weighted by atomic mass is 10.1. The van der Waals surface area contributed by atoms with Crippen LogP contribution < -0.4 is 10.6 Å². The molecule has 1 heterocycles. The van der Waals surface area contributed by atoms with Gasteiger partial charge in [0.15, 0.2) is 5.17 Å². The highest BCUT2D eigenvalue weighted by atomic mass is 32.2. The van der Waals surface area contributed by atoms with Crippen LogP contribution in [-0.2, 0) is 11.2 Å². The van der Waals surface area contributed by atoms with Crippen LogP contribution in [0, 0.1) is 5.82 Å². The fraction of sp³-hybridized carbons (Fsp3) is 0.192. The number of hydrogen-bond acceptors (Lipinski definition) is 4. The van der Waals surface area contributed by atoms with Crippen LogP contribution in [0.2, 0.25) is 0 Å². The molecule has 0 saturated carbocycles. The van der Waals surface area contributed by atoms with E-state index in [1.807, 2.05) is 49.6 Å². The van der Waals surface area contributed by atoms with Gasteiger partial charge in [0.25, 0.3) is 0 Å². The molecule has 0 aliphatic heterocycles. The predicted molar refractivity (Wildman–Crippen MR) is 136 cm³/mol. The SMILES string of the molecule is C=C(NC(=NC(C)c1ccc(F)cc1)SC)c1ccnc(NC(=O)CCc2ccccc2)c1. The van der Waals surface area contributed by atoms with Gasteiger partial charge in [-0.05, 0) is 55.0 Å². The van der Waals surface area contributed by atoms with E-state index >= 15 is 0 Å². The second-order valence-corrected chi connectivity index (χ2v) is 8.23. The number of carbonyl (C=O) groups excluding carboxylic acids is 1. The number of rotatable bonds is 8. The highest BCUT2D eigenvalue weighted by molar-refractivity contribution is 8.13. The van der Waals surface area contributed by atoms with Crippen LogP contribution in [0.3, 0.4) is 0 Å². The minimum absolute atomic E-state index is 0.0958. The Kier molecular flexibility index (Phi) is 8.78. The molecular formula is C26H27FN4OS. The zero-order valence-electron chi connectivity index (χ0n) is 18.7. The first-order valence-corrected chi connectivity index (χ1v) is 11.8. The molecule has 0 fully saturated rings. The van der Waals surface area contributed by atoms with Crippen LogP contribution >= 0.6 is 11.8 Å². The number of aromatic nitrogens is 1. The highest BCUT2D eigenvalue weighted by Crippen LogP contribution is 2.20. The molecule has 33 heavy (non-hydrogen) atoms. The maximum Gasteiger partial charge on any atom is 0.225 e. The largest absolute Gasteiger partial charge is 0.335 e. The number of nitrogens with one attached hydrogen (secondary N) is 2. The Morgan fingerprint density at radius 3 is 2.58 bits per heavy atom. The molecule has 0 aliphatic carbocycles. The minimum Gasteiger partial charge on any atom is -0.335 e. The molecule has 3 aromatic rings. The number of aliphatic imine (C=N–C) groups is 1. The van der Waals surface area contributed by atoms with Crippen LogP contribution in [0.4, 0.5) is 10.2 Å². The number of nitrogens with zero attached hydrogens (tertiary/aromatic N) is 2. The van der Waals surface area contributed by atoms with Gasteiger partial charge in [0.1, 0.15) is 11.6 Å². The second kappa shape index (κ2) is 12.0. The Bertz CT molecular complexity index is 1120. The van der Waals surface area contributed by atoms with Gasteiger partial charge >= 0.3 is 0 Å². The molecule has 0 bridgehead atoms. The number of thioether (sulfide) groups is 1. The predicted octanol–water partition coefficient (Wildman–Crippen LogP) is 5.83. The van der Waals surface area contributed by atoms with Crippen molar-refractivity contribution in [3.05, 3.63) is 102 Å². The van der Waals surface area contributed by atoms with Crippen molar-refractivity contribution < 1.29 is 9.18 Å². The monoisotopic (exact) mass is 462 g/mol. The van der Waals surface area contributed by atoms with E-state index in [-0.39, 0.29) is 17.8 Å². The van der Waals surface area contributed by atoms with Crippen LogP contribution in [0.5, 0.6) is 0 Å². The number of carbonyl (C=O) groups is 1. The van der Waals surface area contributed by atoms with Gasteiger partial charge in [-0.3, -0.25) is 9.79 Å². The molecule has 2 N–H and O–H groups in total. The van der Waals surface area contributed by atoms with Crippen LogP contribution in [0.1, 0.15) is 36.1 Å². The molecule has 170 valence electrons. The normalized spacial score (nSPS) is 12.2. The van der Waals surface area contributed by atoms with Gasteiger partial charge in [-0.15, -0.1) is 0 Å². The lowest BCUT2D eigenvalue weighted by Crippen LogP contribution is -2.19. The van der Waals surface area contributed by atoms with E-state index in [2.05, 4.69) is 27.2 Å². The average Bonchev–Trinajstić information content (AvgIpc) is 2.83. The molecule has 0 radical (unpaired) electrons. The Morgan fingerprint density at radius 2 is 1.88 bits per heavy atom. The Morgan fingerprint density at radius 1 is 1.15 bits per heavy atom. The molecule has 1 aromatic heterocycles. The molecular weight excluding hydrogens is 435 g/mol. The van der Waals surface area contributed by atoms with E-state index in [1.165, 1.54) is 23.9 Å². The van der Waals surface area contributed by atoms with Crippen LogP contribution in [0.15, 0.2) is 84.5 Å². The van der Waals surface area contributed by atoms with Crippen molar-refractivity contribution in [1.82, 2.24) is 10.3 Å². The van der Waals surface area contributed by atoms with Gasteiger partial charge in [0.2, 0.25) is 5.91 Å². The summed E-state index contributed by atoms with van der Waals surface area (Å²) in [5.74, 6) is 0.101. The van der Waals surface area contributed by atoms with Gasteiger partial charge in [-0.25, -0.2) is 9.37 Å². The van der Waals surface area contributed by atoms with Crippen molar-refractivity contribution in [2.75, 3.05) is 11.6 Å². The highest BCUT2D eigenvalue weighted by Gasteiger charge is 2.10. The Balaban J connectivity index is 1.60. The Hall–Kier alpha value is -3.45. The van der Waals surface area contributed by atoms with Crippen molar-refractivity contribution in [3.63, 3.8) is 0 Å². The summed E-state index contributed by atoms with van der Waals surface area (Å²) in [4.78, 5) is 21.3. The van der Waals surface area contributed by atoms with Crippen molar-refractivity contribution >= 4 is 34.4 Å². The summed E-state index contributed by atoms with van der Waals surface area (Å²) >= 11 is 1.46. The van der Waals surface area contributed by atoms with Crippen LogP contribution in [0.25, 0.3) is 5.70 Å². The van der Waals surface area contributed by atoms with Crippen LogP contribution in [-0.4, -0.2) is 22.3 Å². The number of pyridine rings is 1. The van der Waals surface area contributed by atoms with Gasteiger partial charge in [-0.2, -0.15) is 0 Å². The minimum atomic E-state index is -0.271. The summed E-state index contributed by atoms with van der Waals surface area (Å²) in [6.07, 6.45) is 4.59.